The van der Waals surface area contributed by atoms with Gasteiger partial charge in [-0.3, -0.25) is 12.9 Å². The van der Waals surface area contributed by atoms with Crippen LogP contribution in [0.4, 0.5) is 12.9 Å². The second-order valence-electron chi connectivity index (χ2n) is 6.22. The molecule has 0 rings (SSSR count). The molecule has 0 aliphatic rings. The summed E-state index contributed by atoms with van der Waals surface area (Å²) >= 11 is 0. The molecule has 0 aromatic heterocycles. The number of quaternary nitrogens is 1. The summed E-state index contributed by atoms with van der Waals surface area (Å²) in [7, 11) is -3.67. The molecule has 2 nitrogen and oxygen atoms in total. The summed E-state index contributed by atoms with van der Waals surface area (Å²) in [5.74, 6) is 0. The maximum atomic E-state index is 9.67. The molecule has 0 unspecified atom stereocenters. The molecule has 0 amide bonds. The van der Waals surface area contributed by atoms with E-state index in [4.69, 9.17) is 5.26 Å². The first-order chi connectivity index (χ1) is 11.5. The Morgan fingerprint density at radius 1 is 0.880 bits per heavy atom. The average molecular weight is 366 g/mol. The molecule has 0 spiro atoms. The van der Waals surface area contributed by atoms with Crippen molar-refractivity contribution < 1.29 is 22.6 Å². The first-order valence-electron chi connectivity index (χ1n) is 9.31. The lowest BCUT2D eigenvalue weighted by molar-refractivity contribution is -0.895. The topological polar surface area (TPSA) is 28.2 Å². The van der Waals surface area contributed by atoms with E-state index in [9.17, 15) is 12.9 Å². The van der Waals surface area contributed by atoms with E-state index in [1.54, 1.807) is 4.90 Å². The van der Waals surface area contributed by atoms with Gasteiger partial charge in [0.1, 0.15) is 6.54 Å². The molecule has 25 heavy (non-hydrogen) atoms. The maximum Gasteiger partial charge on any atom is 0.762 e. The molecule has 0 fully saturated rings. The Bertz CT molecular complexity index is 306. The molecular weight excluding hydrogens is 331 g/mol. The highest BCUT2D eigenvalue weighted by Gasteiger charge is 2.09. The SMILES string of the molecule is C=C(C#N)C[NH+](CCCCCCC)CCCCCCC.FB(F)F.[F-]. The molecule has 0 atom stereocenters. The molecule has 0 heterocycles. The zero-order valence-electron chi connectivity index (χ0n) is 15.9. The summed E-state index contributed by atoms with van der Waals surface area (Å²) in [6.45, 7) is 11.6. The van der Waals surface area contributed by atoms with Crippen molar-refractivity contribution in [2.24, 2.45) is 0 Å². The van der Waals surface area contributed by atoms with Crippen LogP contribution in [0.3, 0.4) is 0 Å². The van der Waals surface area contributed by atoms with Crippen molar-refractivity contribution in [2.45, 2.75) is 78.1 Å². The van der Waals surface area contributed by atoms with Crippen LogP contribution in [0.2, 0.25) is 0 Å². The number of nitriles is 1. The zero-order valence-corrected chi connectivity index (χ0v) is 15.9. The Balaban J connectivity index is -0.000000867. The van der Waals surface area contributed by atoms with Gasteiger partial charge in [0.25, 0.3) is 0 Å². The predicted octanol–water partition coefficient (Wildman–Crippen LogP) is 1.78. The minimum Gasteiger partial charge on any atom is -1.00 e. The zero-order chi connectivity index (χ0) is 18.6. The summed E-state index contributed by atoms with van der Waals surface area (Å²) in [6, 6.07) is 2.20. The quantitative estimate of drug-likeness (QED) is 0.216. The maximum absolute atomic E-state index is 9.67. The molecule has 1 N–H and O–H groups in total. The number of rotatable bonds is 14. The molecule has 0 aromatic rings. The van der Waals surface area contributed by atoms with E-state index >= 15 is 0 Å². The Kier molecular flexibility index (Phi) is 26.4. The van der Waals surface area contributed by atoms with Crippen molar-refractivity contribution in [1.82, 2.24) is 0 Å². The first-order valence-corrected chi connectivity index (χ1v) is 9.31. The summed E-state index contributed by atoms with van der Waals surface area (Å²) in [5.41, 5.74) is 0.738. The van der Waals surface area contributed by atoms with Crippen LogP contribution in [0.25, 0.3) is 0 Å². The van der Waals surface area contributed by atoms with Crippen LogP contribution in [-0.2, 0) is 0 Å². The van der Waals surface area contributed by atoms with Gasteiger partial charge in [0.2, 0.25) is 0 Å². The lowest BCUT2D eigenvalue weighted by atomic mass is 10.1. The van der Waals surface area contributed by atoms with E-state index in [2.05, 4.69) is 26.5 Å². The Morgan fingerprint density at radius 2 is 1.24 bits per heavy atom. The van der Waals surface area contributed by atoms with Gasteiger partial charge in [-0.1, -0.05) is 59.0 Å². The van der Waals surface area contributed by atoms with E-state index in [-0.39, 0.29) is 4.70 Å². The first kappa shape index (κ1) is 28.8. The molecule has 0 aliphatic carbocycles. The Hall–Kier alpha value is -1.03. The third kappa shape index (κ3) is 28.1. The molecule has 0 saturated carbocycles. The van der Waals surface area contributed by atoms with Crippen molar-refractivity contribution >= 4 is 7.54 Å². The van der Waals surface area contributed by atoms with Gasteiger partial charge in [-0.15, -0.1) is 0 Å². The molecule has 0 aliphatic heterocycles. The van der Waals surface area contributed by atoms with E-state index in [0.717, 1.165) is 12.1 Å². The molecule has 0 bridgehead atoms. The molecule has 7 heteroatoms. The minimum absolute atomic E-state index is 0. The van der Waals surface area contributed by atoms with Gasteiger partial charge in [-0.05, 0) is 25.7 Å². The summed E-state index contributed by atoms with van der Waals surface area (Å²) in [5, 5.41) is 8.90. The second kappa shape index (κ2) is 23.0. The minimum atomic E-state index is -3.67. The fraction of sp³-hybridized carbons (Fsp3) is 0.833. The van der Waals surface area contributed by atoms with Crippen molar-refractivity contribution in [1.29, 1.82) is 5.26 Å². The monoisotopic (exact) mass is 366 g/mol. The van der Waals surface area contributed by atoms with Gasteiger partial charge >= 0.3 is 7.54 Å². The van der Waals surface area contributed by atoms with E-state index < -0.39 is 7.54 Å². The van der Waals surface area contributed by atoms with Crippen LogP contribution in [-0.4, -0.2) is 27.2 Å². The van der Waals surface area contributed by atoms with Gasteiger partial charge in [0, 0.05) is 0 Å². The largest absolute Gasteiger partial charge is 1.00 e. The highest BCUT2D eigenvalue weighted by molar-refractivity contribution is 6.33. The highest BCUT2D eigenvalue weighted by atomic mass is 19.4. The highest BCUT2D eigenvalue weighted by Crippen LogP contribution is 2.02. The fourth-order valence-corrected chi connectivity index (χ4v) is 2.60. The average Bonchev–Trinajstić information content (AvgIpc) is 2.53. The van der Waals surface area contributed by atoms with E-state index in [1.165, 1.54) is 77.3 Å². The van der Waals surface area contributed by atoms with Crippen LogP contribution < -0.4 is 9.60 Å². The van der Waals surface area contributed by atoms with Crippen molar-refractivity contribution in [2.75, 3.05) is 19.6 Å². The summed E-state index contributed by atoms with van der Waals surface area (Å²) in [6.07, 6.45) is 13.3. The fourth-order valence-electron chi connectivity index (χ4n) is 2.60. The van der Waals surface area contributed by atoms with Gasteiger partial charge in [-0.25, -0.2) is 0 Å². The van der Waals surface area contributed by atoms with Crippen molar-refractivity contribution in [3.05, 3.63) is 12.2 Å². The number of unbranched alkanes of at least 4 members (excludes halogenated alkanes) is 8. The Morgan fingerprint density at radius 3 is 1.56 bits per heavy atom. The Labute approximate surface area is 152 Å². The molecule has 0 aromatic carbocycles. The smallest absolute Gasteiger partial charge is 0.762 e. The lowest BCUT2D eigenvalue weighted by Crippen LogP contribution is -3.12. The van der Waals surface area contributed by atoms with Crippen LogP contribution >= 0.6 is 0 Å². The van der Waals surface area contributed by atoms with Gasteiger partial charge < -0.3 is 9.60 Å². The van der Waals surface area contributed by atoms with Crippen LogP contribution in [0.5, 0.6) is 0 Å². The van der Waals surface area contributed by atoms with Gasteiger partial charge in [-0.2, -0.15) is 5.26 Å². The molecular formula is C18H35BF4N2. The number of hydrogen-bond acceptors (Lipinski definition) is 1. The van der Waals surface area contributed by atoms with Gasteiger partial charge in [0.15, 0.2) is 0 Å². The number of hydrogen-bond donors (Lipinski definition) is 1. The standard InChI is InChI=1S/C18H34N2.BF3.FH/c1-4-6-8-10-12-14-20(17-18(3)16-19)15-13-11-9-7-5-2;2-1(3)4;/h3-15,17H2,1-2H3;;1H. The third-order valence-electron chi connectivity index (χ3n) is 3.89. The summed E-state index contributed by atoms with van der Waals surface area (Å²) < 4.78 is 29.0. The molecule has 0 saturated heterocycles. The summed E-state index contributed by atoms with van der Waals surface area (Å²) in [4.78, 5) is 1.56. The van der Waals surface area contributed by atoms with E-state index in [0.29, 0.717) is 0 Å². The number of nitrogens with zero attached hydrogens (tertiary/aromatic N) is 1. The predicted molar refractivity (Wildman–Crippen MR) is 96.9 cm³/mol. The van der Waals surface area contributed by atoms with Crippen LogP contribution in [0, 0.1) is 11.3 Å². The molecule has 148 valence electrons. The second-order valence-corrected chi connectivity index (χ2v) is 6.22. The normalized spacial score (nSPS) is 9.64. The van der Waals surface area contributed by atoms with Crippen molar-refractivity contribution in [3.63, 3.8) is 0 Å². The number of halogens is 4. The lowest BCUT2D eigenvalue weighted by Gasteiger charge is -2.19. The third-order valence-corrected chi connectivity index (χ3v) is 3.89. The number of nitrogens with one attached hydrogen (secondary N) is 1. The van der Waals surface area contributed by atoms with Gasteiger partial charge in [0.05, 0.1) is 24.7 Å². The van der Waals surface area contributed by atoms with Crippen LogP contribution in [0.1, 0.15) is 78.1 Å². The van der Waals surface area contributed by atoms with Crippen LogP contribution in [0.15, 0.2) is 12.2 Å². The van der Waals surface area contributed by atoms with E-state index in [1.807, 2.05) is 0 Å². The molecule has 0 radical (unpaired) electrons. The van der Waals surface area contributed by atoms with Crippen molar-refractivity contribution in [3.8, 4) is 6.07 Å².